The number of hydrogen-bond acceptors (Lipinski definition) is 13. The average molecular weight is 625 g/mol. The van der Waals surface area contributed by atoms with Gasteiger partial charge in [0.05, 0.1) is 19.3 Å². The zero-order valence-corrected chi connectivity index (χ0v) is 23.4. The Morgan fingerprint density at radius 2 is 1.61 bits per heavy atom. The number of aliphatic hydroxyl groups excluding tert-OH is 1. The number of H-pyrrole nitrogens is 1. The van der Waals surface area contributed by atoms with Crippen LogP contribution in [0, 0.1) is 13.8 Å². The minimum absolute atomic E-state index is 0.0336. The second-order valence-corrected chi connectivity index (χ2v) is 12.1. The van der Waals surface area contributed by atoms with Crippen LogP contribution in [0.2, 0.25) is 0 Å². The van der Waals surface area contributed by atoms with Gasteiger partial charge in [0.2, 0.25) is 0 Å². The average Bonchev–Trinajstić information content (AvgIpc) is 3.43. The zero-order valence-electron chi connectivity index (χ0n) is 21.6. The van der Waals surface area contributed by atoms with Gasteiger partial charge in [-0.05, 0) is 13.8 Å². The number of phosphoric acid groups is 2. The molecule has 21 heteroatoms. The first kappa shape index (κ1) is 31.4. The number of anilines is 1. The molecule has 0 bridgehead atoms. The lowest BCUT2D eigenvalue weighted by molar-refractivity contribution is -0.0570. The molecule has 4 heterocycles. The van der Waals surface area contributed by atoms with E-state index in [4.69, 9.17) is 34.0 Å². The number of aryl methyl sites for hydroxylation is 2. The highest BCUT2D eigenvalue weighted by Gasteiger charge is 2.44. The highest BCUT2D eigenvalue weighted by Crippen LogP contribution is 2.49. The maximum absolute atomic E-state index is 12.8. The number of aliphatic hydroxyl groups is 1. The summed E-state index contributed by atoms with van der Waals surface area (Å²) in [4.78, 5) is 70.5. The van der Waals surface area contributed by atoms with Crippen molar-refractivity contribution < 1.29 is 52.0 Å². The van der Waals surface area contributed by atoms with Gasteiger partial charge >= 0.3 is 27.0 Å². The maximum atomic E-state index is 12.8. The van der Waals surface area contributed by atoms with E-state index in [2.05, 4.69) is 14.5 Å². The molecule has 7 atom stereocenters. The molecule has 0 aliphatic carbocycles. The van der Waals surface area contributed by atoms with E-state index in [0.717, 1.165) is 9.13 Å². The number of aromatic nitrogens is 4. The maximum Gasteiger partial charge on any atom is 0.472 e. The molecule has 2 saturated heterocycles. The number of nitrogens with two attached hydrogens (primary N) is 1. The Labute approximate surface area is 230 Å². The first-order valence-electron chi connectivity index (χ1n) is 12.0. The number of aromatic amines is 1. The summed E-state index contributed by atoms with van der Waals surface area (Å²) >= 11 is 0. The molecular weight excluding hydrogens is 596 g/mol. The Morgan fingerprint density at radius 3 is 2.29 bits per heavy atom. The number of nitrogen functional groups attached to an aromatic ring is 1. The van der Waals surface area contributed by atoms with Gasteiger partial charge in [-0.15, -0.1) is 0 Å². The monoisotopic (exact) mass is 625 g/mol. The van der Waals surface area contributed by atoms with E-state index in [1.807, 2.05) is 0 Å². The van der Waals surface area contributed by atoms with Gasteiger partial charge in [0.1, 0.15) is 36.6 Å². The zero-order chi connectivity index (χ0) is 30.3. The molecule has 0 radical (unpaired) electrons. The first-order valence-corrected chi connectivity index (χ1v) is 15.1. The Balaban J connectivity index is 1.44. The molecule has 7 N–H and O–H groups in total. The largest absolute Gasteiger partial charge is 0.472 e. The van der Waals surface area contributed by atoms with Crippen molar-refractivity contribution >= 4 is 21.5 Å². The van der Waals surface area contributed by atoms with Gasteiger partial charge < -0.3 is 35.0 Å². The molecule has 19 nitrogen and oxygen atoms in total. The Kier molecular flexibility index (Phi) is 9.18. The fourth-order valence-corrected chi connectivity index (χ4v) is 5.59. The third-order valence-electron chi connectivity index (χ3n) is 6.40. The van der Waals surface area contributed by atoms with Crippen LogP contribution < -0.4 is 22.7 Å². The SMILES string of the molecule is Cc1cn([C@H]2C[C@H](O)[C@@H](COP(=O)(O)O[C@H]3C[C@H](n4cc(C)c(=O)[nH]c4=O)O[C@@H]3COP(=O)(O)O)O2)c(=O)nc1N. The van der Waals surface area contributed by atoms with Gasteiger partial charge in [-0.3, -0.25) is 32.5 Å². The minimum Gasteiger partial charge on any atom is -0.390 e. The minimum atomic E-state index is -4.98. The number of ether oxygens (including phenoxy) is 2. The molecule has 2 aliphatic heterocycles. The highest BCUT2D eigenvalue weighted by atomic mass is 31.2. The lowest BCUT2D eigenvalue weighted by Gasteiger charge is -2.22. The standard InChI is InChI=1S/C20H29N5O14P2/c1-9-5-24(19(28)22-17(9)21)15-3-11(26)13(37-15)7-36-41(33,34)39-12-4-16(38-14(12)8-35-40(30,31)32)25-6-10(2)18(27)23-20(25)29/h5-6,11-16,26H,3-4,7-8H2,1-2H3,(H,33,34)(H2,21,22,28)(H,23,27,29)(H2,30,31,32)/t11-,12-,13+,14+,15+,16+/m0/s1. The van der Waals surface area contributed by atoms with Gasteiger partial charge in [0, 0.05) is 36.4 Å². The van der Waals surface area contributed by atoms with Crippen LogP contribution in [0.4, 0.5) is 5.82 Å². The van der Waals surface area contributed by atoms with Crippen LogP contribution in [-0.2, 0) is 32.2 Å². The molecule has 2 fully saturated rings. The van der Waals surface area contributed by atoms with Crippen molar-refractivity contribution in [3.8, 4) is 0 Å². The van der Waals surface area contributed by atoms with Crippen molar-refractivity contribution in [3.05, 3.63) is 54.8 Å². The van der Waals surface area contributed by atoms with E-state index in [0.29, 0.717) is 5.56 Å². The van der Waals surface area contributed by atoms with Crippen LogP contribution in [0.5, 0.6) is 0 Å². The molecule has 228 valence electrons. The molecule has 4 rings (SSSR count). The molecular formula is C20H29N5O14P2. The Bertz CT molecular complexity index is 1550. The van der Waals surface area contributed by atoms with Crippen molar-refractivity contribution in [3.63, 3.8) is 0 Å². The quantitative estimate of drug-likeness (QED) is 0.165. The predicted molar refractivity (Wildman–Crippen MR) is 135 cm³/mol. The first-order chi connectivity index (χ1) is 19.0. The van der Waals surface area contributed by atoms with E-state index in [-0.39, 0.29) is 24.2 Å². The fraction of sp³-hybridized carbons (Fsp3) is 0.600. The van der Waals surface area contributed by atoms with Crippen LogP contribution in [0.25, 0.3) is 0 Å². The summed E-state index contributed by atoms with van der Waals surface area (Å²) in [5.41, 5.74) is 4.04. The van der Waals surface area contributed by atoms with Gasteiger partial charge in [0.25, 0.3) is 5.56 Å². The van der Waals surface area contributed by atoms with Gasteiger partial charge in [-0.1, -0.05) is 0 Å². The summed E-state index contributed by atoms with van der Waals surface area (Å²) in [5, 5.41) is 10.4. The summed E-state index contributed by atoms with van der Waals surface area (Å²) in [6.45, 7) is 1.60. The number of nitrogens with one attached hydrogen (secondary N) is 1. The number of hydrogen-bond donors (Lipinski definition) is 6. The number of nitrogens with zero attached hydrogens (tertiary/aromatic N) is 3. The van der Waals surface area contributed by atoms with E-state index in [1.165, 1.54) is 19.3 Å². The topological polar surface area (TPSA) is 277 Å². The highest BCUT2D eigenvalue weighted by molar-refractivity contribution is 7.47. The molecule has 0 amide bonds. The van der Waals surface area contributed by atoms with Crippen LogP contribution >= 0.6 is 15.6 Å². The van der Waals surface area contributed by atoms with Crippen LogP contribution in [0.1, 0.15) is 36.4 Å². The van der Waals surface area contributed by atoms with Crippen molar-refractivity contribution in [2.24, 2.45) is 0 Å². The molecule has 2 aliphatic rings. The second-order valence-electron chi connectivity index (χ2n) is 9.47. The van der Waals surface area contributed by atoms with Crippen molar-refractivity contribution in [2.75, 3.05) is 18.9 Å². The molecule has 0 spiro atoms. The van der Waals surface area contributed by atoms with Gasteiger partial charge in [-0.2, -0.15) is 4.98 Å². The van der Waals surface area contributed by atoms with Crippen molar-refractivity contribution in [1.82, 2.24) is 19.1 Å². The molecule has 41 heavy (non-hydrogen) atoms. The van der Waals surface area contributed by atoms with Gasteiger partial charge in [-0.25, -0.2) is 18.7 Å². The van der Waals surface area contributed by atoms with Crippen LogP contribution in [-0.4, -0.2) is 76.5 Å². The molecule has 2 aromatic heterocycles. The molecule has 0 aromatic carbocycles. The molecule has 0 saturated carbocycles. The molecule has 2 aromatic rings. The predicted octanol–water partition coefficient (Wildman–Crippen LogP) is -1.46. The summed E-state index contributed by atoms with van der Waals surface area (Å²) < 4.78 is 52.0. The Morgan fingerprint density at radius 1 is 1.00 bits per heavy atom. The van der Waals surface area contributed by atoms with Crippen molar-refractivity contribution in [2.45, 2.75) is 63.6 Å². The summed E-state index contributed by atoms with van der Waals surface area (Å²) in [6, 6.07) is 0. The number of rotatable bonds is 10. The van der Waals surface area contributed by atoms with E-state index in [1.54, 1.807) is 6.92 Å². The van der Waals surface area contributed by atoms with E-state index < -0.39 is 82.7 Å². The molecule has 1 unspecified atom stereocenters. The third kappa shape index (κ3) is 7.65. The second kappa shape index (κ2) is 12.0. The van der Waals surface area contributed by atoms with Crippen LogP contribution in [0.3, 0.4) is 0 Å². The summed E-state index contributed by atoms with van der Waals surface area (Å²) in [6.07, 6.45) is -5.01. The Hall–Kier alpha value is -2.54. The smallest absolute Gasteiger partial charge is 0.390 e. The summed E-state index contributed by atoms with van der Waals surface area (Å²) in [5.74, 6) is 0.0336. The van der Waals surface area contributed by atoms with Gasteiger partial charge in [0.15, 0.2) is 0 Å². The van der Waals surface area contributed by atoms with Crippen molar-refractivity contribution in [1.29, 1.82) is 0 Å². The normalized spacial score (nSPS) is 28.1. The van der Waals surface area contributed by atoms with Crippen LogP contribution in [0.15, 0.2) is 26.8 Å². The fourth-order valence-electron chi connectivity index (χ4n) is 4.29. The third-order valence-corrected chi connectivity index (χ3v) is 7.90. The lowest BCUT2D eigenvalue weighted by atomic mass is 10.2. The van der Waals surface area contributed by atoms with E-state index >= 15 is 0 Å². The lowest BCUT2D eigenvalue weighted by Crippen LogP contribution is -2.33. The summed E-state index contributed by atoms with van der Waals surface area (Å²) in [7, 11) is -9.93. The number of phosphoric ester groups is 2. The van der Waals surface area contributed by atoms with E-state index in [9.17, 15) is 33.5 Å².